The Morgan fingerprint density at radius 1 is 1.22 bits per heavy atom. The first-order chi connectivity index (χ1) is 13.1. The standard InChI is InChI=1S/C19H17ClN4O2S/c20-13-5-4-8-15(9-13)23-11-21-19-24(12-23)18(26)16(27-19)10-17(25)22-14-6-2-1-3-7-14/h1-9,16H,10-12H2,(H,22,25). The third-order valence-electron chi connectivity index (χ3n) is 4.31. The quantitative estimate of drug-likeness (QED) is 0.854. The SMILES string of the molecule is O=C(CC1SC2=NCN(c3cccc(Cl)c3)CN2C1=O)Nc1ccccc1. The Balaban J connectivity index is 1.41. The van der Waals surface area contributed by atoms with Crippen molar-refractivity contribution in [1.29, 1.82) is 0 Å². The molecule has 1 N–H and O–H groups in total. The minimum atomic E-state index is -0.452. The third-order valence-corrected chi connectivity index (χ3v) is 5.76. The molecule has 1 atom stereocenters. The van der Waals surface area contributed by atoms with E-state index in [-0.39, 0.29) is 18.2 Å². The number of rotatable bonds is 4. The normalized spacial score (nSPS) is 18.9. The highest BCUT2D eigenvalue weighted by Crippen LogP contribution is 2.33. The molecule has 1 saturated heterocycles. The average molecular weight is 401 g/mol. The van der Waals surface area contributed by atoms with Crippen molar-refractivity contribution in [2.45, 2.75) is 11.7 Å². The number of amidine groups is 1. The maximum absolute atomic E-state index is 12.8. The van der Waals surface area contributed by atoms with E-state index in [1.807, 2.05) is 59.5 Å². The Hall–Kier alpha value is -2.51. The van der Waals surface area contributed by atoms with Gasteiger partial charge in [-0.3, -0.25) is 14.5 Å². The molecule has 2 aliphatic rings. The number of amides is 2. The van der Waals surface area contributed by atoms with Crippen LogP contribution in [-0.2, 0) is 9.59 Å². The topological polar surface area (TPSA) is 65.0 Å². The second-order valence-corrected chi connectivity index (χ2v) is 7.84. The number of para-hydroxylation sites is 1. The van der Waals surface area contributed by atoms with Gasteiger partial charge in [-0.1, -0.05) is 47.6 Å². The van der Waals surface area contributed by atoms with Gasteiger partial charge in [-0.2, -0.15) is 0 Å². The molecule has 0 aromatic heterocycles. The van der Waals surface area contributed by atoms with Crippen molar-refractivity contribution in [2.24, 2.45) is 4.99 Å². The van der Waals surface area contributed by atoms with Gasteiger partial charge in [0.15, 0.2) is 5.17 Å². The van der Waals surface area contributed by atoms with E-state index < -0.39 is 5.25 Å². The van der Waals surface area contributed by atoms with Crippen LogP contribution in [0.25, 0.3) is 0 Å². The van der Waals surface area contributed by atoms with Crippen LogP contribution in [0, 0.1) is 0 Å². The van der Waals surface area contributed by atoms with Gasteiger partial charge in [-0.15, -0.1) is 0 Å². The lowest BCUT2D eigenvalue weighted by Gasteiger charge is -2.32. The molecule has 4 rings (SSSR count). The Bertz CT molecular complexity index is 906. The predicted octanol–water partition coefficient (Wildman–Crippen LogP) is 3.40. The fourth-order valence-corrected chi connectivity index (χ4v) is 4.30. The van der Waals surface area contributed by atoms with Crippen molar-refractivity contribution in [3.05, 3.63) is 59.6 Å². The van der Waals surface area contributed by atoms with Gasteiger partial charge in [0.25, 0.3) is 0 Å². The molecule has 2 aromatic carbocycles. The van der Waals surface area contributed by atoms with Crippen LogP contribution in [0.4, 0.5) is 11.4 Å². The number of fused-ring (bicyclic) bond motifs is 1. The molecule has 0 aliphatic carbocycles. The van der Waals surface area contributed by atoms with E-state index in [9.17, 15) is 9.59 Å². The fraction of sp³-hybridized carbons (Fsp3) is 0.211. The molecule has 1 unspecified atom stereocenters. The summed E-state index contributed by atoms with van der Waals surface area (Å²) in [5, 5.41) is 3.69. The lowest BCUT2D eigenvalue weighted by molar-refractivity contribution is -0.128. The summed E-state index contributed by atoms with van der Waals surface area (Å²) in [7, 11) is 0. The smallest absolute Gasteiger partial charge is 0.244 e. The summed E-state index contributed by atoms with van der Waals surface area (Å²) in [5.74, 6) is -0.270. The molecule has 6 nitrogen and oxygen atoms in total. The van der Waals surface area contributed by atoms with Gasteiger partial charge >= 0.3 is 0 Å². The van der Waals surface area contributed by atoms with Crippen molar-refractivity contribution in [3.63, 3.8) is 0 Å². The first kappa shape index (κ1) is 17.9. The minimum Gasteiger partial charge on any atom is -0.334 e. The van der Waals surface area contributed by atoms with Crippen LogP contribution < -0.4 is 10.2 Å². The Kier molecular flexibility index (Phi) is 5.05. The number of hydrogen-bond donors (Lipinski definition) is 1. The average Bonchev–Trinajstić information content (AvgIpc) is 2.97. The monoisotopic (exact) mass is 400 g/mol. The predicted molar refractivity (Wildman–Crippen MR) is 109 cm³/mol. The summed E-state index contributed by atoms with van der Waals surface area (Å²) in [6.45, 7) is 0.858. The molecule has 0 radical (unpaired) electrons. The van der Waals surface area contributed by atoms with Gasteiger partial charge < -0.3 is 10.2 Å². The summed E-state index contributed by atoms with van der Waals surface area (Å²) >= 11 is 7.41. The van der Waals surface area contributed by atoms with Gasteiger partial charge in [0.1, 0.15) is 18.6 Å². The van der Waals surface area contributed by atoms with Crippen LogP contribution >= 0.6 is 23.4 Å². The van der Waals surface area contributed by atoms with Crippen molar-refractivity contribution < 1.29 is 9.59 Å². The molecule has 0 saturated carbocycles. The molecule has 2 aromatic rings. The Labute approximate surface area is 166 Å². The van der Waals surface area contributed by atoms with Crippen LogP contribution in [0.2, 0.25) is 5.02 Å². The molecule has 2 amide bonds. The number of benzene rings is 2. The lowest BCUT2D eigenvalue weighted by atomic mass is 10.2. The number of anilines is 2. The van der Waals surface area contributed by atoms with E-state index in [4.69, 9.17) is 11.6 Å². The molecule has 0 bridgehead atoms. The summed E-state index contributed by atoms with van der Waals surface area (Å²) in [6, 6.07) is 16.7. The molecule has 8 heteroatoms. The van der Waals surface area contributed by atoms with E-state index in [1.54, 1.807) is 4.90 Å². The number of carbonyl (C=O) groups is 2. The van der Waals surface area contributed by atoms with Crippen LogP contribution in [0.1, 0.15) is 6.42 Å². The summed E-state index contributed by atoms with van der Waals surface area (Å²) < 4.78 is 0. The van der Waals surface area contributed by atoms with Crippen LogP contribution in [0.15, 0.2) is 59.6 Å². The molecule has 27 heavy (non-hydrogen) atoms. The number of carbonyl (C=O) groups excluding carboxylic acids is 2. The van der Waals surface area contributed by atoms with Gasteiger partial charge in [-0.05, 0) is 30.3 Å². The van der Waals surface area contributed by atoms with Crippen molar-refractivity contribution >= 4 is 51.7 Å². The Morgan fingerprint density at radius 3 is 2.81 bits per heavy atom. The number of nitrogens with one attached hydrogen (secondary N) is 1. The molecule has 2 heterocycles. The van der Waals surface area contributed by atoms with Crippen molar-refractivity contribution in [1.82, 2.24) is 4.90 Å². The molecule has 0 spiro atoms. The lowest BCUT2D eigenvalue weighted by Crippen LogP contribution is -2.46. The zero-order valence-electron chi connectivity index (χ0n) is 14.3. The number of nitrogens with zero attached hydrogens (tertiary/aromatic N) is 3. The summed E-state index contributed by atoms with van der Waals surface area (Å²) in [6.07, 6.45) is 0.116. The summed E-state index contributed by atoms with van der Waals surface area (Å²) in [5.41, 5.74) is 1.63. The highest BCUT2D eigenvalue weighted by Gasteiger charge is 2.41. The van der Waals surface area contributed by atoms with Gasteiger partial charge in [-0.25, -0.2) is 4.99 Å². The third kappa shape index (κ3) is 3.94. The van der Waals surface area contributed by atoms with Crippen molar-refractivity contribution in [3.8, 4) is 0 Å². The Morgan fingerprint density at radius 2 is 2.04 bits per heavy atom. The minimum absolute atomic E-state index is 0.0892. The van der Waals surface area contributed by atoms with Crippen LogP contribution in [-0.4, -0.2) is 40.5 Å². The van der Waals surface area contributed by atoms with Gasteiger partial charge in [0.2, 0.25) is 11.8 Å². The molecular formula is C19H17ClN4O2S. The number of aliphatic imine (C=N–C) groups is 1. The number of hydrogen-bond acceptors (Lipinski definition) is 5. The second-order valence-electron chi connectivity index (χ2n) is 6.23. The highest BCUT2D eigenvalue weighted by atomic mass is 35.5. The highest BCUT2D eigenvalue weighted by molar-refractivity contribution is 8.15. The van der Waals surface area contributed by atoms with Crippen LogP contribution in [0.5, 0.6) is 0 Å². The molecule has 1 fully saturated rings. The molecular weight excluding hydrogens is 384 g/mol. The van der Waals surface area contributed by atoms with Gasteiger partial charge in [0, 0.05) is 22.8 Å². The maximum Gasteiger partial charge on any atom is 0.244 e. The second kappa shape index (κ2) is 7.62. The fourth-order valence-electron chi connectivity index (χ4n) is 2.99. The van der Waals surface area contributed by atoms with E-state index in [1.165, 1.54) is 11.8 Å². The number of thioether (sulfide) groups is 1. The first-order valence-corrected chi connectivity index (χ1v) is 9.74. The zero-order valence-corrected chi connectivity index (χ0v) is 15.9. The van der Waals surface area contributed by atoms with E-state index in [0.29, 0.717) is 23.5 Å². The zero-order chi connectivity index (χ0) is 18.8. The van der Waals surface area contributed by atoms with Gasteiger partial charge in [0.05, 0.1) is 0 Å². The van der Waals surface area contributed by atoms with E-state index in [2.05, 4.69) is 10.3 Å². The molecule has 2 aliphatic heterocycles. The first-order valence-electron chi connectivity index (χ1n) is 8.48. The van der Waals surface area contributed by atoms with Crippen molar-refractivity contribution in [2.75, 3.05) is 23.6 Å². The van der Waals surface area contributed by atoms with E-state index in [0.717, 1.165) is 11.4 Å². The number of halogens is 1. The molecule has 138 valence electrons. The maximum atomic E-state index is 12.8. The van der Waals surface area contributed by atoms with Crippen LogP contribution in [0.3, 0.4) is 0 Å². The summed E-state index contributed by atoms with van der Waals surface area (Å²) in [4.78, 5) is 33.2. The van der Waals surface area contributed by atoms with E-state index >= 15 is 0 Å². The largest absolute Gasteiger partial charge is 0.334 e.